The molecule has 5 heteroatoms. The second-order valence-corrected chi connectivity index (χ2v) is 8.30. The molecule has 0 saturated carbocycles. The van der Waals surface area contributed by atoms with Gasteiger partial charge in [0, 0.05) is 18.7 Å². The highest BCUT2D eigenvalue weighted by Gasteiger charge is 2.26. The normalized spacial score (nSPS) is 15.3. The van der Waals surface area contributed by atoms with E-state index in [1.165, 1.54) is 11.1 Å². The number of rotatable bonds is 9. The summed E-state index contributed by atoms with van der Waals surface area (Å²) in [4.78, 5) is 2.11. The van der Waals surface area contributed by atoms with Crippen LogP contribution < -0.4 is 19.5 Å². The van der Waals surface area contributed by atoms with Crippen LogP contribution in [0.3, 0.4) is 0 Å². The van der Waals surface area contributed by atoms with Crippen molar-refractivity contribution in [2.24, 2.45) is 0 Å². The number of likely N-dealkylation sites (N-methyl/N-ethyl adjacent to an activating group) is 1. The lowest BCUT2D eigenvalue weighted by molar-refractivity contribution is 0.250. The first-order valence-electron chi connectivity index (χ1n) is 11.1. The van der Waals surface area contributed by atoms with Gasteiger partial charge in [0.25, 0.3) is 0 Å². The quantitative estimate of drug-likeness (QED) is 0.541. The van der Waals surface area contributed by atoms with Crippen molar-refractivity contribution in [3.63, 3.8) is 0 Å². The molecule has 32 heavy (non-hydrogen) atoms. The molecule has 0 radical (unpaired) electrons. The zero-order valence-electron chi connectivity index (χ0n) is 19.1. The lowest BCUT2D eigenvalue weighted by atomic mass is 9.89. The van der Waals surface area contributed by atoms with Crippen LogP contribution in [0.25, 0.3) is 0 Å². The molecule has 0 aliphatic carbocycles. The van der Waals surface area contributed by atoms with E-state index < -0.39 is 0 Å². The van der Waals surface area contributed by atoms with Gasteiger partial charge >= 0.3 is 0 Å². The molecule has 0 fully saturated rings. The van der Waals surface area contributed by atoms with Gasteiger partial charge < -0.3 is 24.4 Å². The Balaban J connectivity index is 1.62. The SMILES string of the molecule is COc1cc2c(cc1OCCN(C)C)C(c1ccccc1OCc1ccccc1)NCC2. The van der Waals surface area contributed by atoms with Crippen molar-refractivity contribution in [3.05, 3.63) is 89.0 Å². The van der Waals surface area contributed by atoms with Crippen molar-refractivity contribution < 1.29 is 14.2 Å². The van der Waals surface area contributed by atoms with Crippen LogP contribution >= 0.6 is 0 Å². The molecule has 3 aromatic rings. The molecule has 1 N–H and O–H groups in total. The molecular weight excluding hydrogens is 400 g/mol. The lowest BCUT2D eigenvalue weighted by Crippen LogP contribution is -2.31. The van der Waals surface area contributed by atoms with Gasteiger partial charge in [0.2, 0.25) is 0 Å². The Morgan fingerprint density at radius 1 is 0.875 bits per heavy atom. The van der Waals surface area contributed by atoms with E-state index in [1.54, 1.807) is 7.11 Å². The molecule has 5 nitrogen and oxygen atoms in total. The molecule has 1 aliphatic heterocycles. The average molecular weight is 433 g/mol. The lowest BCUT2D eigenvalue weighted by Gasteiger charge is -2.30. The highest BCUT2D eigenvalue weighted by Crippen LogP contribution is 2.40. The molecule has 1 unspecified atom stereocenters. The van der Waals surface area contributed by atoms with Crippen molar-refractivity contribution in [3.8, 4) is 17.2 Å². The number of hydrogen-bond donors (Lipinski definition) is 1. The molecule has 0 spiro atoms. The Kier molecular flexibility index (Phi) is 7.30. The third-order valence-electron chi connectivity index (χ3n) is 5.74. The summed E-state index contributed by atoms with van der Waals surface area (Å²) in [6, 6.07) is 22.8. The fourth-order valence-electron chi connectivity index (χ4n) is 4.04. The predicted molar refractivity (Wildman–Crippen MR) is 128 cm³/mol. The van der Waals surface area contributed by atoms with E-state index in [0.717, 1.165) is 47.9 Å². The molecule has 0 aromatic heterocycles. The minimum atomic E-state index is 0.0350. The standard InChI is InChI=1S/C27H32N2O3/c1-29(2)15-16-31-26-18-23-21(17-25(26)30-3)13-14-28-27(23)22-11-7-8-12-24(22)32-19-20-9-5-4-6-10-20/h4-12,17-18,27-28H,13-16,19H2,1-3H3. The predicted octanol–water partition coefficient (Wildman–Crippen LogP) is 4.45. The molecule has 3 aromatic carbocycles. The molecule has 0 saturated heterocycles. The summed E-state index contributed by atoms with van der Waals surface area (Å²) in [5, 5.41) is 3.68. The van der Waals surface area contributed by atoms with E-state index in [-0.39, 0.29) is 6.04 Å². The molecule has 0 amide bonds. The third-order valence-corrected chi connectivity index (χ3v) is 5.74. The van der Waals surface area contributed by atoms with Crippen molar-refractivity contribution in [1.82, 2.24) is 10.2 Å². The number of hydrogen-bond acceptors (Lipinski definition) is 5. The van der Waals surface area contributed by atoms with E-state index in [4.69, 9.17) is 14.2 Å². The minimum absolute atomic E-state index is 0.0350. The first-order chi connectivity index (χ1) is 15.7. The molecule has 168 valence electrons. The van der Waals surface area contributed by atoms with Gasteiger partial charge in [0.15, 0.2) is 11.5 Å². The fraction of sp³-hybridized carbons (Fsp3) is 0.333. The first kappa shape index (κ1) is 22.2. The molecular formula is C27H32N2O3. The maximum atomic E-state index is 6.26. The second kappa shape index (κ2) is 10.5. The van der Waals surface area contributed by atoms with Crippen LogP contribution in [-0.2, 0) is 13.0 Å². The molecule has 1 aliphatic rings. The molecule has 4 rings (SSSR count). The van der Waals surface area contributed by atoms with Gasteiger partial charge in [-0.15, -0.1) is 0 Å². The fourth-order valence-corrected chi connectivity index (χ4v) is 4.04. The van der Waals surface area contributed by atoms with Crippen molar-refractivity contribution in [2.45, 2.75) is 19.1 Å². The number of nitrogens with zero attached hydrogens (tertiary/aromatic N) is 1. The van der Waals surface area contributed by atoms with E-state index in [0.29, 0.717) is 13.2 Å². The van der Waals surface area contributed by atoms with E-state index in [1.807, 2.05) is 44.4 Å². The van der Waals surface area contributed by atoms with Crippen LogP contribution in [0.2, 0.25) is 0 Å². The summed E-state index contributed by atoms with van der Waals surface area (Å²) in [7, 11) is 5.78. The summed E-state index contributed by atoms with van der Waals surface area (Å²) in [5.74, 6) is 2.47. The van der Waals surface area contributed by atoms with Crippen LogP contribution in [-0.4, -0.2) is 45.8 Å². The Hall–Kier alpha value is -3.02. The van der Waals surface area contributed by atoms with E-state index in [9.17, 15) is 0 Å². The monoisotopic (exact) mass is 432 g/mol. The number of fused-ring (bicyclic) bond motifs is 1. The zero-order valence-corrected chi connectivity index (χ0v) is 19.1. The minimum Gasteiger partial charge on any atom is -0.493 e. The smallest absolute Gasteiger partial charge is 0.161 e. The number of methoxy groups -OCH3 is 1. The zero-order chi connectivity index (χ0) is 22.3. The van der Waals surface area contributed by atoms with Crippen LogP contribution in [0.1, 0.15) is 28.3 Å². The first-order valence-corrected chi connectivity index (χ1v) is 11.1. The van der Waals surface area contributed by atoms with Crippen molar-refractivity contribution in [1.29, 1.82) is 0 Å². The number of ether oxygens (including phenoxy) is 3. The molecule has 1 heterocycles. The van der Waals surface area contributed by atoms with E-state index in [2.05, 4.69) is 46.6 Å². The van der Waals surface area contributed by atoms with Gasteiger partial charge in [-0.25, -0.2) is 0 Å². The Labute approximate surface area is 190 Å². The summed E-state index contributed by atoms with van der Waals surface area (Å²) >= 11 is 0. The summed E-state index contributed by atoms with van der Waals surface area (Å²) in [6.45, 7) is 2.89. The summed E-state index contributed by atoms with van der Waals surface area (Å²) in [5.41, 5.74) is 4.78. The average Bonchev–Trinajstić information content (AvgIpc) is 2.82. The van der Waals surface area contributed by atoms with Gasteiger partial charge in [-0.1, -0.05) is 48.5 Å². The van der Waals surface area contributed by atoms with Crippen LogP contribution in [0, 0.1) is 0 Å². The van der Waals surface area contributed by atoms with Gasteiger partial charge in [-0.05, 0) is 55.4 Å². The highest BCUT2D eigenvalue weighted by atomic mass is 16.5. The topological polar surface area (TPSA) is 43.0 Å². The van der Waals surface area contributed by atoms with Crippen LogP contribution in [0.5, 0.6) is 17.2 Å². The number of benzene rings is 3. The largest absolute Gasteiger partial charge is 0.493 e. The summed E-state index contributed by atoms with van der Waals surface area (Å²) in [6.07, 6.45) is 0.952. The van der Waals surface area contributed by atoms with Gasteiger partial charge in [-0.2, -0.15) is 0 Å². The number of para-hydroxylation sites is 1. The molecule has 1 atom stereocenters. The van der Waals surface area contributed by atoms with Crippen molar-refractivity contribution >= 4 is 0 Å². The summed E-state index contributed by atoms with van der Waals surface area (Å²) < 4.78 is 18.0. The molecule has 0 bridgehead atoms. The van der Waals surface area contributed by atoms with E-state index >= 15 is 0 Å². The van der Waals surface area contributed by atoms with Gasteiger partial charge in [0.05, 0.1) is 13.2 Å². The third kappa shape index (κ3) is 5.23. The maximum Gasteiger partial charge on any atom is 0.161 e. The van der Waals surface area contributed by atoms with Gasteiger partial charge in [0.1, 0.15) is 19.0 Å². The Bertz CT molecular complexity index is 1020. The highest BCUT2D eigenvalue weighted by molar-refractivity contribution is 5.53. The number of nitrogens with one attached hydrogen (secondary N) is 1. The van der Waals surface area contributed by atoms with Crippen LogP contribution in [0.15, 0.2) is 66.7 Å². The van der Waals surface area contributed by atoms with Crippen LogP contribution in [0.4, 0.5) is 0 Å². The Morgan fingerprint density at radius 2 is 1.66 bits per heavy atom. The second-order valence-electron chi connectivity index (χ2n) is 8.30. The van der Waals surface area contributed by atoms with Gasteiger partial charge in [-0.3, -0.25) is 0 Å². The van der Waals surface area contributed by atoms with Crippen molar-refractivity contribution in [2.75, 3.05) is 40.9 Å². The maximum absolute atomic E-state index is 6.26. The Morgan fingerprint density at radius 3 is 2.44 bits per heavy atom.